The van der Waals surface area contributed by atoms with Crippen molar-refractivity contribution in [1.82, 2.24) is 0 Å². The Balaban J connectivity index is 3.05. The summed E-state index contributed by atoms with van der Waals surface area (Å²) in [6.45, 7) is 9.11. The molecule has 1 aromatic rings. The third-order valence-corrected chi connectivity index (χ3v) is 3.37. The summed E-state index contributed by atoms with van der Waals surface area (Å²) in [6, 6.07) is 6.28. The van der Waals surface area contributed by atoms with Gasteiger partial charge in [-0.15, -0.1) is 0 Å². The first-order valence-corrected chi connectivity index (χ1v) is 6.71. The van der Waals surface area contributed by atoms with E-state index in [4.69, 9.17) is 9.47 Å². The van der Waals surface area contributed by atoms with Gasteiger partial charge in [0.2, 0.25) is 0 Å². The highest BCUT2D eigenvalue weighted by atomic mass is 16.5. The van der Waals surface area contributed by atoms with Crippen LogP contribution in [0, 0.1) is 11.8 Å². The minimum atomic E-state index is 0.574. The van der Waals surface area contributed by atoms with Crippen molar-refractivity contribution in [3.8, 4) is 11.5 Å². The van der Waals surface area contributed by atoms with Crippen molar-refractivity contribution in [2.45, 2.75) is 40.0 Å². The predicted octanol–water partition coefficient (Wildman–Crippen LogP) is 4.49. The van der Waals surface area contributed by atoms with Gasteiger partial charge in [0.25, 0.3) is 0 Å². The number of methoxy groups -OCH3 is 2. The van der Waals surface area contributed by atoms with E-state index in [9.17, 15) is 0 Å². The maximum atomic E-state index is 5.39. The molecule has 2 heteroatoms. The molecule has 0 bridgehead atoms. The maximum absolute atomic E-state index is 5.39. The van der Waals surface area contributed by atoms with Crippen LogP contribution in [-0.4, -0.2) is 14.2 Å². The SMILES string of the molecule is COc1ccc(C(CC(C)C)C(C)C)cc1OC. The Morgan fingerprint density at radius 2 is 1.56 bits per heavy atom. The van der Waals surface area contributed by atoms with Crippen LogP contribution < -0.4 is 9.47 Å². The molecule has 0 spiro atoms. The van der Waals surface area contributed by atoms with Gasteiger partial charge in [0, 0.05) is 0 Å². The molecule has 0 aromatic heterocycles. The first-order chi connectivity index (χ1) is 8.49. The molecule has 102 valence electrons. The van der Waals surface area contributed by atoms with Crippen LogP contribution in [0.2, 0.25) is 0 Å². The zero-order valence-electron chi connectivity index (χ0n) is 12.5. The minimum Gasteiger partial charge on any atom is -0.493 e. The van der Waals surface area contributed by atoms with Gasteiger partial charge in [-0.3, -0.25) is 0 Å². The van der Waals surface area contributed by atoms with Crippen LogP contribution >= 0.6 is 0 Å². The smallest absolute Gasteiger partial charge is 0.160 e. The first-order valence-electron chi connectivity index (χ1n) is 6.71. The molecule has 2 nitrogen and oxygen atoms in total. The van der Waals surface area contributed by atoms with Crippen LogP contribution in [0.3, 0.4) is 0 Å². The van der Waals surface area contributed by atoms with Crippen molar-refractivity contribution in [1.29, 1.82) is 0 Å². The number of hydrogen-bond donors (Lipinski definition) is 0. The average molecular weight is 250 g/mol. The average Bonchev–Trinajstić information content (AvgIpc) is 2.34. The second kappa shape index (κ2) is 6.67. The standard InChI is InChI=1S/C16H26O2/c1-11(2)9-14(12(3)4)13-7-8-15(17-5)16(10-13)18-6/h7-8,10-12,14H,9H2,1-6H3. The molecule has 0 aliphatic rings. The predicted molar refractivity (Wildman–Crippen MR) is 76.6 cm³/mol. The van der Waals surface area contributed by atoms with Gasteiger partial charge < -0.3 is 9.47 Å². The third-order valence-electron chi connectivity index (χ3n) is 3.37. The quantitative estimate of drug-likeness (QED) is 0.740. The van der Waals surface area contributed by atoms with Crippen LogP contribution in [0.4, 0.5) is 0 Å². The van der Waals surface area contributed by atoms with E-state index < -0.39 is 0 Å². The summed E-state index contributed by atoms with van der Waals surface area (Å²) in [5.74, 6) is 3.53. The molecule has 18 heavy (non-hydrogen) atoms. The molecule has 0 aliphatic heterocycles. The molecule has 0 amide bonds. The van der Waals surface area contributed by atoms with E-state index in [0.29, 0.717) is 17.8 Å². The fourth-order valence-corrected chi connectivity index (χ4v) is 2.38. The summed E-state index contributed by atoms with van der Waals surface area (Å²) < 4.78 is 10.7. The van der Waals surface area contributed by atoms with Gasteiger partial charge in [-0.05, 0) is 41.9 Å². The summed E-state index contributed by atoms with van der Waals surface area (Å²) in [5.41, 5.74) is 1.34. The summed E-state index contributed by atoms with van der Waals surface area (Å²) in [7, 11) is 3.36. The Kier molecular flexibility index (Phi) is 5.52. The van der Waals surface area contributed by atoms with E-state index in [1.54, 1.807) is 14.2 Å². The molecule has 0 aliphatic carbocycles. The van der Waals surface area contributed by atoms with Gasteiger partial charge in [-0.25, -0.2) is 0 Å². The first kappa shape index (κ1) is 14.9. The summed E-state index contributed by atoms with van der Waals surface area (Å²) >= 11 is 0. The van der Waals surface area contributed by atoms with Crippen molar-refractivity contribution < 1.29 is 9.47 Å². The number of benzene rings is 1. The summed E-state index contributed by atoms with van der Waals surface area (Å²) in [6.07, 6.45) is 1.20. The lowest BCUT2D eigenvalue weighted by Crippen LogP contribution is -2.10. The van der Waals surface area contributed by atoms with Crippen molar-refractivity contribution in [3.63, 3.8) is 0 Å². The Bertz CT molecular complexity index is 369. The second-order valence-electron chi connectivity index (χ2n) is 5.59. The molecular formula is C16H26O2. The number of ether oxygens (including phenoxy) is 2. The molecule has 0 fully saturated rings. The van der Waals surface area contributed by atoms with Crippen LogP contribution in [0.15, 0.2) is 18.2 Å². The van der Waals surface area contributed by atoms with E-state index in [1.165, 1.54) is 12.0 Å². The summed E-state index contributed by atoms with van der Waals surface area (Å²) in [4.78, 5) is 0. The molecule has 1 rings (SSSR count). The van der Waals surface area contributed by atoms with Gasteiger partial charge in [0.05, 0.1) is 14.2 Å². The monoisotopic (exact) mass is 250 g/mol. The normalized spacial score (nSPS) is 12.9. The van der Waals surface area contributed by atoms with Crippen LogP contribution in [0.25, 0.3) is 0 Å². The molecule has 0 saturated heterocycles. The highest BCUT2D eigenvalue weighted by molar-refractivity contribution is 5.44. The van der Waals surface area contributed by atoms with Gasteiger partial charge >= 0.3 is 0 Å². The third kappa shape index (κ3) is 3.66. The van der Waals surface area contributed by atoms with E-state index >= 15 is 0 Å². The van der Waals surface area contributed by atoms with E-state index in [-0.39, 0.29) is 0 Å². The van der Waals surface area contributed by atoms with Gasteiger partial charge in [0.15, 0.2) is 11.5 Å². The topological polar surface area (TPSA) is 18.5 Å². The van der Waals surface area contributed by atoms with E-state index in [1.807, 2.05) is 6.07 Å². The van der Waals surface area contributed by atoms with Crippen molar-refractivity contribution >= 4 is 0 Å². The Hall–Kier alpha value is -1.18. The Labute approximate surface area is 111 Å². The van der Waals surface area contributed by atoms with Crippen LogP contribution in [-0.2, 0) is 0 Å². The molecule has 0 heterocycles. The Morgan fingerprint density at radius 1 is 0.944 bits per heavy atom. The fourth-order valence-electron chi connectivity index (χ4n) is 2.38. The zero-order valence-corrected chi connectivity index (χ0v) is 12.5. The lowest BCUT2D eigenvalue weighted by atomic mass is 9.82. The van der Waals surface area contributed by atoms with Gasteiger partial charge in [-0.1, -0.05) is 33.8 Å². The lowest BCUT2D eigenvalue weighted by molar-refractivity contribution is 0.352. The largest absolute Gasteiger partial charge is 0.493 e. The number of hydrogen-bond acceptors (Lipinski definition) is 2. The highest BCUT2D eigenvalue weighted by Gasteiger charge is 2.19. The molecule has 0 saturated carbocycles. The zero-order chi connectivity index (χ0) is 13.7. The van der Waals surface area contributed by atoms with Gasteiger partial charge in [-0.2, -0.15) is 0 Å². The highest BCUT2D eigenvalue weighted by Crippen LogP contribution is 2.36. The summed E-state index contributed by atoms with van der Waals surface area (Å²) in [5, 5.41) is 0. The van der Waals surface area contributed by atoms with Crippen LogP contribution in [0.1, 0.15) is 45.6 Å². The molecule has 1 aromatic carbocycles. The fraction of sp³-hybridized carbons (Fsp3) is 0.625. The van der Waals surface area contributed by atoms with Crippen LogP contribution in [0.5, 0.6) is 11.5 Å². The molecule has 0 N–H and O–H groups in total. The van der Waals surface area contributed by atoms with E-state index in [0.717, 1.165) is 11.5 Å². The molecule has 0 radical (unpaired) electrons. The number of rotatable bonds is 6. The minimum absolute atomic E-state index is 0.574. The Morgan fingerprint density at radius 3 is 2.00 bits per heavy atom. The maximum Gasteiger partial charge on any atom is 0.160 e. The van der Waals surface area contributed by atoms with Crippen molar-refractivity contribution in [2.75, 3.05) is 14.2 Å². The van der Waals surface area contributed by atoms with Gasteiger partial charge in [0.1, 0.15) is 0 Å². The van der Waals surface area contributed by atoms with Crippen molar-refractivity contribution in [3.05, 3.63) is 23.8 Å². The second-order valence-corrected chi connectivity index (χ2v) is 5.59. The van der Waals surface area contributed by atoms with E-state index in [2.05, 4.69) is 39.8 Å². The molecular weight excluding hydrogens is 224 g/mol. The molecule has 1 atom stereocenters. The lowest BCUT2D eigenvalue weighted by Gasteiger charge is -2.24. The van der Waals surface area contributed by atoms with Crippen molar-refractivity contribution in [2.24, 2.45) is 11.8 Å². The molecule has 1 unspecified atom stereocenters.